The molecule has 0 radical (unpaired) electrons. The van der Waals surface area contributed by atoms with Crippen LogP contribution in [0.1, 0.15) is 44.9 Å². The molecule has 4 aromatic rings. The number of H-pyrrole nitrogens is 1. The monoisotopic (exact) mass is 565 g/mol. The Balaban J connectivity index is 1.56. The van der Waals surface area contributed by atoms with Gasteiger partial charge < -0.3 is 24.8 Å². The SMILES string of the molecule is C[C@H](Cc1c[nH]c2c(O)cccc12)N(C[C@H](O)c1cccc(NS(=O)(=O)c2ccccc2)c1)C(=O)OC(C)(C)C. The van der Waals surface area contributed by atoms with E-state index in [1.54, 1.807) is 81.6 Å². The predicted molar refractivity (Wildman–Crippen MR) is 155 cm³/mol. The molecule has 1 aromatic heterocycles. The third-order valence-corrected chi connectivity index (χ3v) is 7.80. The summed E-state index contributed by atoms with van der Waals surface area (Å²) < 4.78 is 33.8. The third-order valence-electron chi connectivity index (χ3n) is 6.40. The molecule has 4 rings (SSSR count). The Bertz CT molecular complexity index is 1580. The number of para-hydroxylation sites is 1. The van der Waals surface area contributed by atoms with Crippen LogP contribution in [0.5, 0.6) is 5.75 Å². The Kier molecular flexibility index (Phi) is 8.41. The van der Waals surface area contributed by atoms with Gasteiger partial charge in [-0.2, -0.15) is 0 Å². The van der Waals surface area contributed by atoms with Crippen LogP contribution in [0.2, 0.25) is 0 Å². The molecule has 1 heterocycles. The van der Waals surface area contributed by atoms with Crippen molar-refractivity contribution in [3.05, 3.63) is 90.1 Å². The number of hydrogen-bond acceptors (Lipinski definition) is 6. The van der Waals surface area contributed by atoms with E-state index in [4.69, 9.17) is 4.74 Å². The number of anilines is 1. The summed E-state index contributed by atoms with van der Waals surface area (Å²) in [7, 11) is -3.81. The number of aromatic hydroxyl groups is 1. The number of sulfonamides is 1. The molecule has 3 aromatic carbocycles. The smallest absolute Gasteiger partial charge is 0.410 e. The third kappa shape index (κ3) is 6.94. The largest absolute Gasteiger partial charge is 0.506 e. The van der Waals surface area contributed by atoms with E-state index in [9.17, 15) is 23.4 Å². The summed E-state index contributed by atoms with van der Waals surface area (Å²) >= 11 is 0. The molecule has 1 amide bonds. The number of benzene rings is 3. The zero-order valence-electron chi connectivity index (χ0n) is 23.0. The van der Waals surface area contributed by atoms with E-state index in [0.29, 0.717) is 17.5 Å². The maximum atomic E-state index is 13.3. The second-order valence-corrected chi connectivity index (χ2v) is 12.4. The standard InChI is InChI=1S/C30H35N3O6S/c1-20(16-22-18-31-28-25(22)14-9-15-26(28)34)33(29(36)39-30(2,3)4)19-27(35)21-10-8-11-23(17-21)32-40(37,38)24-12-6-5-7-13-24/h5-15,17-18,20,27,31-32,34-35H,16,19H2,1-4H3/t20-,27+/m1/s1. The minimum atomic E-state index is -3.81. The number of fused-ring (bicyclic) bond motifs is 1. The van der Waals surface area contributed by atoms with Gasteiger partial charge in [0.15, 0.2) is 0 Å². The molecule has 0 spiro atoms. The minimum absolute atomic E-state index is 0.0847. The van der Waals surface area contributed by atoms with Gasteiger partial charge in [0.05, 0.1) is 23.1 Å². The quantitative estimate of drug-likeness (QED) is 0.210. The van der Waals surface area contributed by atoms with Crippen molar-refractivity contribution in [2.75, 3.05) is 11.3 Å². The van der Waals surface area contributed by atoms with E-state index in [1.807, 2.05) is 13.0 Å². The summed E-state index contributed by atoms with van der Waals surface area (Å²) in [4.78, 5) is 18.0. The number of phenols is 1. The zero-order chi connectivity index (χ0) is 29.1. The molecule has 0 bridgehead atoms. The molecular formula is C30H35N3O6S. The number of amides is 1. The molecule has 0 aliphatic heterocycles. The van der Waals surface area contributed by atoms with Crippen molar-refractivity contribution in [1.82, 2.24) is 9.88 Å². The van der Waals surface area contributed by atoms with E-state index in [2.05, 4.69) is 9.71 Å². The van der Waals surface area contributed by atoms with Crippen molar-refractivity contribution in [3.8, 4) is 5.75 Å². The number of aromatic nitrogens is 1. The van der Waals surface area contributed by atoms with Crippen LogP contribution < -0.4 is 4.72 Å². The summed E-state index contributed by atoms with van der Waals surface area (Å²) in [5.74, 6) is 0.138. The van der Waals surface area contributed by atoms with Crippen LogP contribution in [0.25, 0.3) is 10.9 Å². The van der Waals surface area contributed by atoms with Crippen molar-refractivity contribution in [1.29, 1.82) is 0 Å². The van der Waals surface area contributed by atoms with Gasteiger partial charge in [-0.05, 0) is 75.6 Å². The number of aliphatic hydroxyl groups is 1. The second-order valence-electron chi connectivity index (χ2n) is 10.8. The first-order chi connectivity index (χ1) is 18.8. The molecule has 0 aliphatic rings. The number of carbonyl (C=O) groups is 1. The molecule has 0 fully saturated rings. The molecule has 212 valence electrons. The summed E-state index contributed by atoms with van der Waals surface area (Å²) in [6, 6.07) is 19.3. The summed E-state index contributed by atoms with van der Waals surface area (Å²) in [5, 5.41) is 22.2. The Morgan fingerprint density at radius 2 is 1.75 bits per heavy atom. The summed E-state index contributed by atoms with van der Waals surface area (Å²) in [6.45, 7) is 7.10. The minimum Gasteiger partial charge on any atom is -0.506 e. The number of nitrogens with zero attached hydrogens (tertiary/aromatic N) is 1. The van der Waals surface area contributed by atoms with Crippen molar-refractivity contribution in [2.45, 2.75) is 56.8 Å². The van der Waals surface area contributed by atoms with Crippen LogP contribution in [-0.2, 0) is 21.2 Å². The normalized spacial score (nSPS) is 13.5. The molecule has 4 N–H and O–H groups in total. The topological polar surface area (TPSA) is 132 Å². The molecule has 0 unspecified atom stereocenters. The van der Waals surface area contributed by atoms with Crippen LogP contribution in [0.4, 0.5) is 10.5 Å². The first kappa shape index (κ1) is 29.0. The maximum Gasteiger partial charge on any atom is 0.410 e. The first-order valence-electron chi connectivity index (χ1n) is 13.0. The number of nitrogens with one attached hydrogen (secondary N) is 2. The highest BCUT2D eigenvalue weighted by Crippen LogP contribution is 2.29. The lowest BCUT2D eigenvalue weighted by Crippen LogP contribution is -2.45. The van der Waals surface area contributed by atoms with E-state index in [0.717, 1.165) is 10.9 Å². The fourth-order valence-electron chi connectivity index (χ4n) is 4.46. The average Bonchev–Trinajstić information content (AvgIpc) is 3.30. The maximum absolute atomic E-state index is 13.3. The van der Waals surface area contributed by atoms with Crippen LogP contribution in [-0.4, -0.2) is 52.8 Å². The van der Waals surface area contributed by atoms with Gasteiger partial charge >= 0.3 is 6.09 Å². The molecular weight excluding hydrogens is 530 g/mol. The lowest BCUT2D eigenvalue weighted by molar-refractivity contribution is 0.00550. The predicted octanol–water partition coefficient (Wildman–Crippen LogP) is 5.58. The van der Waals surface area contributed by atoms with E-state index in [-0.39, 0.29) is 28.9 Å². The van der Waals surface area contributed by atoms with Gasteiger partial charge in [0, 0.05) is 23.3 Å². The van der Waals surface area contributed by atoms with Crippen molar-refractivity contribution in [2.24, 2.45) is 0 Å². The number of rotatable bonds is 9. The Morgan fingerprint density at radius 1 is 1.05 bits per heavy atom. The van der Waals surface area contributed by atoms with E-state index in [1.165, 1.54) is 17.0 Å². The number of ether oxygens (including phenoxy) is 1. The van der Waals surface area contributed by atoms with Crippen molar-refractivity contribution >= 4 is 32.7 Å². The highest BCUT2D eigenvalue weighted by Gasteiger charge is 2.29. The van der Waals surface area contributed by atoms with Crippen molar-refractivity contribution in [3.63, 3.8) is 0 Å². The Labute approximate surface area is 234 Å². The molecule has 40 heavy (non-hydrogen) atoms. The van der Waals surface area contributed by atoms with Gasteiger partial charge in [-0.3, -0.25) is 4.72 Å². The molecule has 0 aliphatic carbocycles. The lowest BCUT2D eigenvalue weighted by atomic mass is 10.0. The highest BCUT2D eigenvalue weighted by molar-refractivity contribution is 7.92. The fourth-order valence-corrected chi connectivity index (χ4v) is 5.53. The fraction of sp³-hybridized carbons (Fsp3) is 0.300. The van der Waals surface area contributed by atoms with Crippen LogP contribution in [0.15, 0.2) is 83.9 Å². The Morgan fingerprint density at radius 3 is 2.45 bits per heavy atom. The highest BCUT2D eigenvalue weighted by atomic mass is 32.2. The van der Waals surface area contributed by atoms with E-state index < -0.39 is 27.8 Å². The molecule has 9 nitrogen and oxygen atoms in total. The van der Waals surface area contributed by atoms with E-state index >= 15 is 0 Å². The Hall–Kier alpha value is -4.02. The van der Waals surface area contributed by atoms with Gasteiger partial charge in [0.25, 0.3) is 10.0 Å². The average molecular weight is 566 g/mol. The number of aromatic amines is 1. The first-order valence-corrected chi connectivity index (χ1v) is 14.5. The number of carbonyl (C=O) groups excluding carboxylic acids is 1. The molecule has 0 saturated carbocycles. The number of phenolic OH excluding ortho intramolecular Hbond substituents is 1. The van der Waals surface area contributed by atoms with Crippen LogP contribution >= 0.6 is 0 Å². The molecule has 10 heteroatoms. The second kappa shape index (κ2) is 11.6. The number of aliphatic hydroxyl groups excluding tert-OH is 1. The van der Waals surface area contributed by atoms with Crippen LogP contribution in [0, 0.1) is 0 Å². The lowest BCUT2D eigenvalue weighted by Gasteiger charge is -2.33. The number of hydrogen-bond donors (Lipinski definition) is 4. The summed E-state index contributed by atoms with van der Waals surface area (Å²) in [6.07, 6.45) is 0.532. The van der Waals surface area contributed by atoms with Gasteiger partial charge in [-0.25, -0.2) is 13.2 Å². The zero-order valence-corrected chi connectivity index (χ0v) is 23.8. The van der Waals surface area contributed by atoms with Gasteiger partial charge in [-0.15, -0.1) is 0 Å². The van der Waals surface area contributed by atoms with Gasteiger partial charge in [0.1, 0.15) is 11.4 Å². The summed E-state index contributed by atoms with van der Waals surface area (Å²) in [5.41, 5.74) is 1.49. The van der Waals surface area contributed by atoms with Crippen molar-refractivity contribution < 1.29 is 28.2 Å². The van der Waals surface area contributed by atoms with Crippen LogP contribution in [0.3, 0.4) is 0 Å². The van der Waals surface area contributed by atoms with Gasteiger partial charge in [-0.1, -0.05) is 42.5 Å². The molecule has 0 saturated heterocycles. The van der Waals surface area contributed by atoms with Gasteiger partial charge in [0.2, 0.25) is 0 Å². The molecule has 2 atom stereocenters.